The standard InChI is InChI=1S/C15H19N5/c1-2-12(10-17-7-1)11-18-15-4-3-14(19-20-15)13-5-8-16-9-6-13/h3-6,8-9,12,17H,1-2,7,10-11H2,(H,18,20). The molecular weight excluding hydrogens is 250 g/mol. The Morgan fingerprint density at radius 3 is 2.75 bits per heavy atom. The zero-order chi connectivity index (χ0) is 13.6. The number of nitrogens with one attached hydrogen (secondary N) is 2. The molecule has 0 saturated carbocycles. The van der Waals surface area contributed by atoms with Crippen LogP contribution in [-0.2, 0) is 0 Å². The maximum atomic E-state index is 4.26. The predicted molar refractivity (Wildman–Crippen MR) is 79.3 cm³/mol. The molecule has 3 rings (SSSR count). The van der Waals surface area contributed by atoms with E-state index in [1.807, 2.05) is 24.3 Å². The minimum atomic E-state index is 0.686. The number of piperidine rings is 1. The Labute approximate surface area is 118 Å². The van der Waals surface area contributed by atoms with E-state index in [9.17, 15) is 0 Å². The number of hydrogen-bond donors (Lipinski definition) is 2. The molecule has 0 aliphatic carbocycles. The van der Waals surface area contributed by atoms with Crippen LogP contribution in [0.4, 0.5) is 5.82 Å². The summed E-state index contributed by atoms with van der Waals surface area (Å²) in [6.07, 6.45) is 6.07. The Morgan fingerprint density at radius 2 is 2.05 bits per heavy atom. The Hall–Kier alpha value is -2.01. The molecule has 20 heavy (non-hydrogen) atoms. The zero-order valence-electron chi connectivity index (χ0n) is 11.4. The first-order valence-corrected chi connectivity index (χ1v) is 7.10. The van der Waals surface area contributed by atoms with Crippen molar-refractivity contribution in [2.24, 2.45) is 5.92 Å². The summed E-state index contributed by atoms with van der Waals surface area (Å²) in [5.41, 5.74) is 1.91. The highest BCUT2D eigenvalue weighted by Gasteiger charge is 2.12. The second-order valence-corrected chi connectivity index (χ2v) is 5.13. The quantitative estimate of drug-likeness (QED) is 0.888. The van der Waals surface area contributed by atoms with E-state index in [2.05, 4.69) is 25.8 Å². The van der Waals surface area contributed by atoms with Crippen molar-refractivity contribution in [3.63, 3.8) is 0 Å². The SMILES string of the molecule is c1cc(-c2ccc(NCC3CCCNC3)nn2)ccn1. The lowest BCUT2D eigenvalue weighted by molar-refractivity contribution is 0.392. The van der Waals surface area contributed by atoms with E-state index in [0.717, 1.165) is 36.7 Å². The molecule has 5 nitrogen and oxygen atoms in total. The van der Waals surface area contributed by atoms with Crippen LogP contribution >= 0.6 is 0 Å². The first-order chi connectivity index (χ1) is 9.92. The highest BCUT2D eigenvalue weighted by molar-refractivity contribution is 5.58. The Bertz CT molecular complexity index is 520. The summed E-state index contributed by atoms with van der Waals surface area (Å²) < 4.78 is 0. The van der Waals surface area contributed by atoms with Crippen molar-refractivity contribution < 1.29 is 0 Å². The van der Waals surface area contributed by atoms with Crippen LogP contribution < -0.4 is 10.6 Å². The van der Waals surface area contributed by atoms with E-state index in [-0.39, 0.29) is 0 Å². The fourth-order valence-electron chi connectivity index (χ4n) is 2.45. The average molecular weight is 269 g/mol. The summed E-state index contributed by atoms with van der Waals surface area (Å²) in [5.74, 6) is 1.53. The van der Waals surface area contributed by atoms with E-state index in [0.29, 0.717) is 5.92 Å². The van der Waals surface area contributed by atoms with Gasteiger partial charge in [-0.15, -0.1) is 10.2 Å². The first-order valence-electron chi connectivity index (χ1n) is 7.10. The summed E-state index contributed by atoms with van der Waals surface area (Å²) in [4.78, 5) is 4.00. The third-order valence-electron chi connectivity index (χ3n) is 3.61. The lowest BCUT2D eigenvalue weighted by Gasteiger charge is -2.22. The van der Waals surface area contributed by atoms with Gasteiger partial charge in [0, 0.05) is 24.5 Å². The van der Waals surface area contributed by atoms with E-state index >= 15 is 0 Å². The van der Waals surface area contributed by atoms with Crippen molar-refractivity contribution in [1.82, 2.24) is 20.5 Å². The second-order valence-electron chi connectivity index (χ2n) is 5.13. The lowest BCUT2D eigenvalue weighted by atomic mass is 10.00. The second kappa shape index (κ2) is 6.43. The molecule has 5 heteroatoms. The number of pyridine rings is 1. The largest absolute Gasteiger partial charge is 0.368 e. The van der Waals surface area contributed by atoms with Gasteiger partial charge in [0.15, 0.2) is 0 Å². The molecule has 1 saturated heterocycles. The molecule has 0 bridgehead atoms. The molecule has 0 amide bonds. The van der Waals surface area contributed by atoms with Crippen LogP contribution in [0.25, 0.3) is 11.3 Å². The van der Waals surface area contributed by atoms with Gasteiger partial charge in [0.05, 0.1) is 5.69 Å². The fraction of sp³-hybridized carbons (Fsp3) is 0.400. The van der Waals surface area contributed by atoms with Gasteiger partial charge >= 0.3 is 0 Å². The lowest BCUT2D eigenvalue weighted by Crippen LogP contribution is -2.33. The molecule has 1 aliphatic heterocycles. The summed E-state index contributed by atoms with van der Waals surface area (Å²) in [7, 11) is 0. The molecule has 1 atom stereocenters. The number of rotatable bonds is 4. The third kappa shape index (κ3) is 3.30. The van der Waals surface area contributed by atoms with Gasteiger partial charge in [-0.05, 0) is 56.1 Å². The summed E-state index contributed by atoms with van der Waals surface area (Å²) in [5, 5.41) is 15.3. The zero-order valence-corrected chi connectivity index (χ0v) is 11.4. The third-order valence-corrected chi connectivity index (χ3v) is 3.61. The minimum Gasteiger partial charge on any atom is -0.368 e. The van der Waals surface area contributed by atoms with Crippen molar-refractivity contribution in [3.8, 4) is 11.3 Å². The van der Waals surface area contributed by atoms with Crippen LogP contribution in [0.3, 0.4) is 0 Å². The van der Waals surface area contributed by atoms with Crippen LogP contribution in [0, 0.1) is 5.92 Å². The number of nitrogens with zero attached hydrogens (tertiary/aromatic N) is 3. The van der Waals surface area contributed by atoms with Gasteiger partial charge in [-0.25, -0.2) is 0 Å². The molecule has 1 fully saturated rings. The highest BCUT2D eigenvalue weighted by Crippen LogP contribution is 2.16. The molecule has 1 aliphatic rings. The number of hydrogen-bond acceptors (Lipinski definition) is 5. The Morgan fingerprint density at radius 1 is 1.15 bits per heavy atom. The molecule has 104 valence electrons. The average Bonchev–Trinajstić information content (AvgIpc) is 2.55. The van der Waals surface area contributed by atoms with Gasteiger partial charge in [-0.3, -0.25) is 4.98 Å². The van der Waals surface area contributed by atoms with Crippen molar-refractivity contribution in [1.29, 1.82) is 0 Å². The van der Waals surface area contributed by atoms with Crippen molar-refractivity contribution in [2.75, 3.05) is 25.0 Å². The number of anilines is 1. The van der Waals surface area contributed by atoms with Crippen LogP contribution in [0.1, 0.15) is 12.8 Å². The van der Waals surface area contributed by atoms with Crippen LogP contribution in [-0.4, -0.2) is 34.8 Å². The van der Waals surface area contributed by atoms with E-state index in [1.165, 1.54) is 12.8 Å². The Kier molecular flexibility index (Phi) is 4.18. The highest BCUT2D eigenvalue weighted by atomic mass is 15.2. The van der Waals surface area contributed by atoms with Crippen molar-refractivity contribution in [3.05, 3.63) is 36.7 Å². The van der Waals surface area contributed by atoms with E-state index in [1.54, 1.807) is 12.4 Å². The van der Waals surface area contributed by atoms with Gasteiger partial charge in [-0.1, -0.05) is 0 Å². The molecule has 0 spiro atoms. The van der Waals surface area contributed by atoms with Crippen LogP contribution in [0.5, 0.6) is 0 Å². The molecule has 2 N–H and O–H groups in total. The molecule has 2 aromatic rings. The number of aromatic nitrogens is 3. The van der Waals surface area contributed by atoms with Gasteiger partial charge in [0.25, 0.3) is 0 Å². The monoisotopic (exact) mass is 269 g/mol. The molecule has 2 aromatic heterocycles. The minimum absolute atomic E-state index is 0.686. The predicted octanol–water partition coefficient (Wildman–Crippen LogP) is 1.95. The summed E-state index contributed by atoms with van der Waals surface area (Å²) in [6.45, 7) is 3.20. The van der Waals surface area contributed by atoms with Crippen molar-refractivity contribution >= 4 is 5.82 Å². The van der Waals surface area contributed by atoms with Gasteiger partial charge in [-0.2, -0.15) is 0 Å². The summed E-state index contributed by atoms with van der Waals surface area (Å²) >= 11 is 0. The first kappa shape index (κ1) is 13.0. The maximum Gasteiger partial charge on any atom is 0.148 e. The molecule has 0 radical (unpaired) electrons. The van der Waals surface area contributed by atoms with Gasteiger partial charge in [0.2, 0.25) is 0 Å². The normalized spacial score (nSPS) is 18.7. The van der Waals surface area contributed by atoms with E-state index in [4.69, 9.17) is 0 Å². The summed E-state index contributed by atoms with van der Waals surface area (Å²) in [6, 6.07) is 7.85. The Balaban J connectivity index is 1.58. The van der Waals surface area contributed by atoms with Gasteiger partial charge < -0.3 is 10.6 Å². The van der Waals surface area contributed by atoms with Crippen LogP contribution in [0.15, 0.2) is 36.7 Å². The topological polar surface area (TPSA) is 62.7 Å². The van der Waals surface area contributed by atoms with E-state index < -0.39 is 0 Å². The molecule has 3 heterocycles. The van der Waals surface area contributed by atoms with Gasteiger partial charge in [0.1, 0.15) is 5.82 Å². The van der Waals surface area contributed by atoms with Crippen LogP contribution in [0.2, 0.25) is 0 Å². The van der Waals surface area contributed by atoms with Crippen molar-refractivity contribution in [2.45, 2.75) is 12.8 Å². The fourth-order valence-corrected chi connectivity index (χ4v) is 2.45. The maximum absolute atomic E-state index is 4.26. The molecule has 1 unspecified atom stereocenters. The smallest absolute Gasteiger partial charge is 0.148 e. The molecular formula is C15H19N5. The molecule has 0 aromatic carbocycles.